The molecule has 21 heavy (non-hydrogen) atoms. The van der Waals surface area contributed by atoms with Crippen molar-refractivity contribution < 1.29 is 9.13 Å². The first-order chi connectivity index (χ1) is 10.0. The number of pyridine rings is 1. The van der Waals surface area contributed by atoms with Gasteiger partial charge < -0.3 is 10.5 Å². The third-order valence-electron chi connectivity index (χ3n) is 2.93. The minimum Gasteiger partial charge on any atom is -0.454 e. The smallest absolute Gasteiger partial charge is 0.153 e. The van der Waals surface area contributed by atoms with E-state index in [1.165, 1.54) is 18.2 Å². The molecule has 0 unspecified atom stereocenters. The fourth-order valence-corrected chi connectivity index (χ4v) is 2.49. The van der Waals surface area contributed by atoms with Gasteiger partial charge in [-0.2, -0.15) is 0 Å². The molecule has 0 aliphatic heterocycles. The van der Waals surface area contributed by atoms with Gasteiger partial charge in [0.15, 0.2) is 5.75 Å². The van der Waals surface area contributed by atoms with Gasteiger partial charge >= 0.3 is 0 Å². The highest BCUT2D eigenvalue weighted by molar-refractivity contribution is 9.10. The summed E-state index contributed by atoms with van der Waals surface area (Å²) in [6, 6.07) is 9.24. The van der Waals surface area contributed by atoms with Crippen LogP contribution in [0.4, 0.5) is 10.1 Å². The third kappa shape index (κ3) is 2.80. The summed E-state index contributed by atoms with van der Waals surface area (Å²) in [5.41, 5.74) is 7.15. The molecule has 0 saturated carbocycles. The molecule has 0 spiro atoms. The van der Waals surface area contributed by atoms with Crippen LogP contribution in [0.25, 0.3) is 10.9 Å². The molecule has 0 radical (unpaired) electrons. The van der Waals surface area contributed by atoms with E-state index in [2.05, 4.69) is 20.9 Å². The molecule has 2 N–H and O–H groups in total. The highest BCUT2D eigenvalue weighted by Crippen LogP contribution is 2.35. The molecular formula is C15H9BrClFN2O. The lowest BCUT2D eigenvalue weighted by molar-refractivity contribution is 0.485. The fraction of sp³-hybridized carbons (Fsp3) is 0. The standard InChI is InChI=1S/C15H9BrClFN2O/c16-8-5-10-12(19)2-4-14(15(10)20-7-8)21-13-3-1-9(18)6-11(13)17/h1-7H,19H2. The van der Waals surface area contributed by atoms with Gasteiger partial charge in [-0.25, -0.2) is 4.39 Å². The Bertz CT molecular complexity index is 841. The average molecular weight is 368 g/mol. The van der Waals surface area contributed by atoms with Gasteiger partial charge in [0.25, 0.3) is 0 Å². The molecule has 3 aromatic rings. The summed E-state index contributed by atoms with van der Waals surface area (Å²) in [5.74, 6) is 0.436. The van der Waals surface area contributed by atoms with Crippen molar-refractivity contribution in [3.8, 4) is 11.5 Å². The summed E-state index contributed by atoms with van der Waals surface area (Å²) in [7, 11) is 0. The molecule has 3 nitrogen and oxygen atoms in total. The number of halogens is 3. The Morgan fingerprint density at radius 1 is 1.14 bits per heavy atom. The summed E-state index contributed by atoms with van der Waals surface area (Å²) >= 11 is 9.33. The van der Waals surface area contributed by atoms with Gasteiger partial charge in [0.05, 0.1) is 5.02 Å². The number of aromatic nitrogens is 1. The molecule has 3 rings (SSSR count). The Morgan fingerprint density at radius 3 is 2.67 bits per heavy atom. The number of fused-ring (bicyclic) bond motifs is 1. The topological polar surface area (TPSA) is 48.1 Å². The predicted octanol–water partition coefficient (Wildman–Crippen LogP) is 5.16. The van der Waals surface area contributed by atoms with Gasteiger partial charge in [-0.05, 0) is 52.3 Å². The van der Waals surface area contributed by atoms with Gasteiger partial charge in [-0.3, -0.25) is 4.98 Å². The lowest BCUT2D eigenvalue weighted by Crippen LogP contribution is -1.93. The number of benzene rings is 2. The van der Waals surface area contributed by atoms with E-state index in [-0.39, 0.29) is 5.02 Å². The van der Waals surface area contributed by atoms with Crippen molar-refractivity contribution in [2.45, 2.75) is 0 Å². The first-order valence-corrected chi connectivity index (χ1v) is 7.18. The quantitative estimate of drug-likeness (QED) is 0.636. The number of rotatable bonds is 2. The molecule has 1 heterocycles. The lowest BCUT2D eigenvalue weighted by Gasteiger charge is -2.11. The number of nitrogens with zero attached hydrogens (tertiary/aromatic N) is 1. The Kier molecular flexibility index (Phi) is 3.69. The van der Waals surface area contributed by atoms with Crippen LogP contribution in [0.3, 0.4) is 0 Å². The number of anilines is 1. The minimum absolute atomic E-state index is 0.192. The zero-order valence-electron chi connectivity index (χ0n) is 10.6. The van der Waals surface area contributed by atoms with Crippen LogP contribution in [-0.4, -0.2) is 4.98 Å². The van der Waals surface area contributed by atoms with Gasteiger partial charge in [0.1, 0.15) is 17.1 Å². The number of nitrogens with two attached hydrogens (primary N) is 1. The predicted molar refractivity (Wildman–Crippen MR) is 85.3 cm³/mol. The van der Waals surface area contributed by atoms with Crippen LogP contribution < -0.4 is 10.5 Å². The molecule has 0 amide bonds. The van der Waals surface area contributed by atoms with E-state index in [0.29, 0.717) is 22.7 Å². The van der Waals surface area contributed by atoms with E-state index in [0.717, 1.165) is 9.86 Å². The summed E-state index contributed by atoms with van der Waals surface area (Å²) in [6.45, 7) is 0. The van der Waals surface area contributed by atoms with Crippen molar-refractivity contribution in [3.05, 3.63) is 57.9 Å². The van der Waals surface area contributed by atoms with Crippen LogP contribution >= 0.6 is 27.5 Å². The van der Waals surface area contributed by atoms with Crippen LogP contribution in [0.2, 0.25) is 5.02 Å². The van der Waals surface area contributed by atoms with E-state index in [1.807, 2.05) is 6.07 Å². The SMILES string of the molecule is Nc1ccc(Oc2ccc(F)cc2Cl)c2ncc(Br)cc12. The second-order valence-corrected chi connectivity index (χ2v) is 5.70. The summed E-state index contributed by atoms with van der Waals surface area (Å²) in [4.78, 5) is 4.32. The monoisotopic (exact) mass is 366 g/mol. The number of hydrogen-bond acceptors (Lipinski definition) is 3. The van der Waals surface area contributed by atoms with E-state index in [1.54, 1.807) is 18.3 Å². The van der Waals surface area contributed by atoms with Crippen molar-refractivity contribution >= 4 is 44.1 Å². The summed E-state index contributed by atoms with van der Waals surface area (Å²) in [6.07, 6.45) is 1.65. The summed E-state index contributed by atoms with van der Waals surface area (Å²) in [5, 5.41) is 0.956. The first kappa shape index (κ1) is 14.1. The Morgan fingerprint density at radius 2 is 1.90 bits per heavy atom. The molecule has 0 fully saturated rings. The van der Waals surface area contributed by atoms with Crippen LogP contribution in [0, 0.1) is 5.82 Å². The van der Waals surface area contributed by atoms with Gasteiger partial charge in [0, 0.05) is 21.7 Å². The van der Waals surface area contributed by atoms with Gasteiger partial charge in [0.2, 0.25) is 0 Å². The normalized spacial score (nSPS) is 10.8. The highest BCUT2D eigenvalue weighted by atomic mass is 79.9. The Hall–Kier alpha value is -1.85. The van der Waals surface area contributed by atoms with Gasteiger partial charge in [-0.15, -0.1) is 0 Å². The zero-order valence-corrected chi connectivity index (χ0v) is 13.0. The first-order valence-electron chi connectivity index (χ1n) is 6.01. The van der Waals surface area contributed by atoms with Crippen LogP contribution in [0.1, 0.15) is 0 Å². The molecule has 0 atom stereocenters. The summed E-state index contributed by atoms with van der Waals surface area (Å²) < 4.78 is 19.6. The number of ether oxygens (including phenoxy) is 1. The average Bonchev–Trinajstić information content (AvgIpc) is 2.45. The van der Waals surface area contributed by atoms with E-state index in [9.17, 15) is 4.39 Å². The second kappa shape index (κ2) is 5.50. The maximum absolute atomic E-state index is 13.1. The highest BCUT2D eigenvalue weighted by Gasteiger charge is 2.10. The fourth-order valence-electron chi connectivity index (χ4n) is 1.95. The zero-order chi connectivity index (χ0) is 15.0. The molecule has 0 aliphatic rings. The molecule has 6 heteroatoms. The molecular weight excluding hydrogens is 359 g/mol. The molecule has 2 aromatic carbocycles. The maximum Gasteiger partial charge on any atom is 0.153 e. The van der Waals surface area contributed by atoms with Crippen LogP contribution in [-0.2, 0) is 0 Å². The lowest BCUT2D eigenvalue weighted by atomic mass is 10.1. The minimum atomic E-state index is -0.420. The number of hydrogen-bond donors (Lipinski definition) is 1. The van der Waals surface area contributed by atoms with E-state index in [4.69, 9.17) is 22.1 Å². The molecule has 0 saturated heterocycles. The number of nitrogen functional groups attached to an aromatic ring is 1. The second-order valence-electron chi connectivity index (χ2n) is 4.38. The molecule has 0 aliphatic carbocycles. The van der Waals surface area contributed by atoms with Crippen molar-refractivity contribution in [2.24, 2.45) is 0 Å². The van der Waals surface area contributed by atoms with E-state index >= 15 is 0 Å². The Balaban J connectivity index is 2.11. The molecule has 106 valence electrons. The van der Waals surface area contributed by atoms with Crippen molar-refractivity contribution in [1.82, 2.24) is 4.98 Å². The van der Waals surface area contributed by atoms with Crippen molar-refractivity contribution in [3.63, 3.8) is 0 Å². The largest absolute Gasteiger partial charge is 0.454 e. The van der Waals surface area contributed by atoms with Crippen LogP contribution in [0.15, 0.2) is 47.1 Å². The third-order valence-corrected chi connectivity index (χ3v) is 3.66. The molecule has 1 aromatic heterocycles. The Labute approximate surface area is 133 Å². The van der Waals surface area contributed by atoms with Crippen molar-refractivity contribution in [2.75, 3.05) is 5.73 Å². The maximum atomic E-state index is 13.1. The van der Waals surface area contributed by atoms with E-state index < -0.39 is 5.82 Å². The van der Waals surface area contributed by atoms with Crippen LogP contribution in [0.5, 0.6) is 11.5 Å². The van der Waals surface area contributed by atoms with Gasteiger partial charge in [-0.1, -0.05) is 11.6 Å². The molecule has 0 bridgehead atoms. The van der Waals surface area contributed by atoms with Crippen molar-refractivity contribution in [1.29, 1.82) is 0 Å².